The van der Waals surface area contributed by atoms with Crippen LogP contribution < -0.4 is 4.57 Å². The van der Waals surface area contributed by atoms with Gasteiger partial charge in [-0.25, -0.2) is 0 Å². The van der Waals surface area contributed by atoms with Crippen LogP contribution in [0, 0.1) is 0 Å². The fraction of sp³-hybridized carbons (Fsp3) is 0.150. The quantitative estimate of drug-likeness (QED) is 0.450. The van der Waals surface area contributed by atoms with E-state index >= 15 is 0 Å². The van der Waals surface area contributed by atoms with E-state index in [4.69, 9.17) is 0 Å². The monoisotopic (exact) mass is 326 g/mol. The highest BCUT2D eigenvalue weighted by atomic mass is 19.4. The van der Waals surface area contributed by atoms with Gasteiger partial charge in [0.2, 0.25) is 0 Å². The molecular formula is C20H15F3N+. The summed E-state index contributed by atoms with van der Waals surface area (Å²) >= 11 is 0. The summed E-state index contributed by atoms with van der Waals surface area (Å²) in [4.78, 5) is 0. The third-order valence-electron chi connectivity index (χ3n) is 4.50. The molecule has 1 aliphatic rings. The first-order valence-corrected chi connectivity index (χ1v) is 7.78. The van der Waals surface area contributed by atoms with Gasteiger partial charge in [0.25, 0.3) is 0 Å². The predicted molar refractivity (Wildman–Crippen MR) is 85.4 cm³/mol. The molecule has 1 aliphatic heterocycles. The molecule has 4 heteroatoms. The highest BCUT2D eigenvalue weighted by molar-refractivity contribution is 5.66. The van der Waals surface area contributed by atoms with Crippen LogP contribution in [0.5, 0.6) is 0 Å². The summed E-state index contributed by atoms with van der Waals surface area (Å²) in [6, 6.07) is 17.6. The van der Waals surface area contributed by atoms with Gasteiger partial charge in [0, 0.05) is 17.2 Å². The van der Waals surface area contributed by atoms with Crippen LogP contribution in [-0.2, 0) is 19.1 Å². The first-order valence-electron chi connectivity index (χ1n) is 7.78. The lowest BCUT2D eigenvalue weighted by Crippen LogP contribution is -2.42. The Labute approximate surface area is 138 Å². The third kappa shape index (κ3) is 2.58. The van der Waals surface area contributed by atoms with Crippen LogP contribution in [0.2, 0.25) is 0 Å². The molecule has 1 aromatic heterocycles. The average Bonchev–Trinajstić information content (AvgIpc) is 2.59. The molecule has 0 bridgehead atoms. The zero-order valence-electron chi connectivity index (χ0n) is 12.8. The van der Waals surface area contributed by atoms with Crippen LogP contribution in [-0.4, -0.2) is 0 Å². The van der Waals surface area contributed by atoms with E-state index < -0.39 is 11.7 Å². The van der Waals surface area contributed by atoms with Gasteiger partial charge < -0.3 is 0 Å². The van der Waals surface area contributed by atoms with Crippen molar-refractivity contribution in [2.75, 3.05) is 0 Å². The second-order valence-electron chi connectivity index (χ2n) is 6.02. The van der Waals surface area contributed by atoms with Gasteiger partial charge >= 0.3 is 6.18 Å². The number of hydrogen-bond acceptors (Lipinski definition) is 0. The second kappa shape index (κ2) is 5.48. The minimum atomic E-state index is -4.33. The first-order chi connectivity index (χ1) is 11.5. The van der Waals surface area contributed by atoms with Gasteiger partial charge in [-0.15, -0.1) is 0 Å². The topological polar surface area (TPSA) is 3.88 Å². The SMILES string of the molecule is FC(F)(F)c1cccc(-c2ccc[n+]3c2Cc2ccccc2C3)c1. The summed E-state index contributed by atoms with van der Waals surface area (Å²) in [6.07, 6.45) is -1.62. The van der Waals surface area contributed by atoms with Crippen molar-refractivity contribution in [3.63, 3.8) is 0 Å². The molecule has 1 nitrogen and oxygen atoms in total. The molecule has 0 amide bonds. The fourth-order valence-corrected chi connectivity index (χ4v) is 3.30. The fourth-order valence-electron chi connectivity index (χ4n) is 3.30. The van der Waals surface area contributed by atoms with Gasteiger partial charge in [0.05, 0.1) is 12.0 Å². The van der Waals surface area contributed by atoms with Crippen LogP contribution in [0.1, 0.15) is 22.4 Å². The van der Waals surface area contributed by atoms with Crippen molar-refractivity contribution in [2.45, 2.75) is 19.1 Å². The molecular weight excluding hydrogens is 311 g/mol. The van der Waals surface area contributed by atoms with E-state index in [1.54, 1.807) is 6.07 Å². The molecule has 24 heavy (non-hydrogen) atoms. The average molecular weight is 326 g/mol. The van der Waals surface area contributed by atoms with E-state index in [9.17, 15) is 13.2 Å². The Bertz CT molecular complexity index is 913. The molecule has 0 unspecified atom stereocenters. The van der Waals surface area contributed by atoms with Crippen LogP contribution in [0.15, 0.2) is 66.9 Å². The molecule has 0 radical (unpaired) electrons. The van der Waals surface area contributed by atoms with Gasteiger partial charge in [-0.1, -0.05) is 36.4 Å². The Morgan fingerprint density at radius 3 is 2.42 bits per heavy atom. The number of alkyl halides is 3. The molecule has 0 saturated heterocycles. The third-order valence-corrected chi connectivity index (χ3v) is 4.50. The maximum absolute atomic E-state index is 13.0. The number of hydrogen-bond donors (Lipinski definition) is 0. The maximum atomic E-state index is 13.0. The van der Waals surface area contributed by atoms with E-state index in [2.05, 4.69) is 16.7 Å². The Balaban J connectivity index is 1.82. The Kier molecular flexibility index (Phi) is 3.41. The van der Waals surface area contributed by atoms with Crippen LogP contribution >= 0.6 is 0 Å². The Morgan fingerprint density at radius 2 is 1.62 bits per heavy atom. The van der Waals surface area contributed by atoms with E-state index in [-0.39, 0.29) is 0 Å². The molecule has 0 fully saturated rings. The Morgan fingerprint density at radius 1 is 0.833 bits per heavy atom. The number of pyridine rings is 1. The zero-order valence-corrected chi connectivity index (χ0v) is 12.8. The number of nitrogens with zero attached hydrogens (tertiary/aromatic N) is 1. The van der Waals surface area contributed by atoms with E-state index in [1.165, 1.54) is 23.3 Å². The second-order valence-corrected chi connectivity index (χ2v) is 6.02. The summed E-state index contributed by atoms with van der Waals surface area (Å²) in [7, 11) is 0. The molecule has 4 rings (SSSR count). The molecule has 0 saturated carbocycles. The summed E-state index contributed by atoms with van der Waals surface area (Å²) in [5.41, 5.74) is 4.40. The number of rotatable bonds is 1. The highest BCUT2D eigenvalue weighted by Crippen LogP contribution is 2.33. The number of aromatic nitrogens is 1. The summed E-state index contributed by atoms with van der Waals surface area (Å²) in [5, 5.41) is 0. The van der Waals surface area contributed by atoms with Crippen LogP contribution in [0.25, 0.3) is 11.1 Å². The first kappa shape index (κ1) is 14.9. The Hall–Kier alpha value is -2.62. The molecule has 0 aliphatic carbocycles. The normalized spacial score (nSPS) is 13.3. The standard InChI is InChI=1S/C20H15F3N/c21-20(22,23)17-8-3-7-15(11-17)18-9-4-10-24-13-16-6-2-1-5-14(16)12-19(18)24/h1-11H,12-13H2/q+1. The largest absolute Gasteiger partial charge is 0.416 e. The molecule has 120 valence electrons. The van der Waals surface area contributed by atoms with Gasteiger partial charge in [0.15, 0.2) is 18.4 Å². The molecule has 3 aromatic rings. The highest BCUT2D eigenvalue weighted by Gasteiger charge is 2.31. The number of fused-ring (bicyclic) bond motifs is 2. The van der Waals surface area contributed by atoms with Crippen molar-refractivity contribution >= 4 is 0 Å². The molecule has 2 aromatic carbocycles. The minimum Gasteiger partial charge on any atom is -0.197 e. The minimum absolute atomic E-state index is 0.605. The van der Waals surface area contributed by atoms with Crippen molar-refractivity contribution in [2.24, 2.45) is 0 Å². The zero-order chi connectivity index (χ0) is 16.7. The lowest BCUT2D eigenvalue weighted by Gasteiger charge is -2.17. The maximum Gasteiger partial charge on any atom is 0.416 e. The van der Waals surface area contributed by atoms with Crippen molar-refractivity contribution in [1.29, 1.82) is 0 Å². The van der Waals surface area contributed by atoms with Gasteiger partial charge in [0.1, 0.15) is 0 Å². The van der Waals surface area contributed by atoms with E-state index in [0.29, 0.717) is 5.56 Å². The molecule has 0 atom stereocenters. The lowest BCUT2D eigenvalue weighted by atomic mass is 9.93. The smallest absolute Gasteiger partial charge is 0.197 e. The number of halogens is 3. The lowest BCUT2D eigenvalue weighted by molar-refractivity contribution is -0.697. The van der Waals surface area contributed by atoms with Crippen molar-refractivity contribution < 1.29 is 17.7 Å². The van der Waals surface area contributed by atoms with E-state index in [0.717, 1.165) is 30.3 Å². The van der Waals surface area contributed by atoms with Crippen molar-refractivity contribution in [3.05, 3.63) is 89.2 Å². The summed E-state index contributed by atoms with van der Waals surface area (Å²) < 4.78 is 41.2. The number of benzene rings is 2. The van der Waals surface area contributed by atoms with Crippen LogP contribution in [0.3, 0.4) is 0 Å². The molecule has 2 heterocycles. The summed E-state index contributed by atoms with van der Waals surface area (Å²) in [6.45, 7) is 0.748. The van der Waals surface area contributed by atoms with Crippen molar-refractivity contribution in [3.8, 4) is 11.1 Å². The van der Waals surface area contributed by atoms with Gasteiger partial charge in [-0.3, -0.25) is 0 Å². The summed E-state index contributed by atoms with van der Waals surface area (Å²) in [5.74, 6) is 0. The molecule has 0 N–H and O–H groups in total. The van der Waals surface area contributed by atoms with Crippen molar-refractivity contribution in [1.82, 2.24) is 0 Å². The van der Waals surface area contributed by atoms with Gasteiger partial charge in [-0.05, 0) is 29.3 Å². The predicted octanol–water partition coefficient (Wildman–Crippen LogP) is 4.61. The molecule has 0 spiro atoms. The van der Waals surface area contributed by atoms with Crippen LogP contribution in [0.4, 0.5) is 13.2 Å². The van der Waals surface area contributed by atoms with E-state index in [1.807, 2.05) is 30.5 Å². The van der Waals surface area contributed by atoms with Gasteiger partial charge in [-0.2, -0.15) is 17.7 Å².